The summed E-state index contributed by atoms with van der Waals surface area (Å²) >= 11 is 6.27. The first-order chi connectivity index (χ1) is 17.5. The number of rotatable bonds is 11. The van der Waals surface area contributed by atoms with Crippen LogP contribution in [0.5, 0.6) is 0 Å². The van der Waals surface area contributed by atoms with Gasteiger partial charge in [-0.15, -0.1) is 12.4 Å². The number of methoxy groups -OCH3 is 1. The normalized spacial score (nSPS) is 21.3. The van der Waals surface area contributed by atoms with E-state index in [1.807, 2.05) is 36.2 Å². The van der Waals surface area contributed by atoms with E-state index < -0.39 is 6.09 Å². The first-order valence-electron chi connectivity index (χ1n) is 13.0. The molecule has 2 saturated heterocycles. The summed E-state index contributed by atoms with van der Waals surface area (Å²) in [6, 6.07) is 7.81. The number of likely N-dealkylation sites (tertiary alicyclic amines) is 1. The number of amides is 3. The molecule has 2 aliphatic heterocycles. The molecule has 2 fully saturated rings. The van der Waals surface area contributed by atoms with E-state index in [9.17, 15) is 9.59 Å². The van der Waals surface area contributed by atoms with Gasteiger partial charge in [-0.2, -0.15) is 0 Å². The van der Waals surface area contributed by atoms with E-state index in [4.69, 9.17) is 21.1 Å². The van der Waals surface area contributed by atoms with Gasteiger partial charge in [-0.25, -0.2) is 9.59 Å². The van der Waals surface area contributed by atoms with Crippen LogP contribution in [0.2, 0.25) is 5.02 Å². The molecule has 9 nitrogen and oxygen atoms in total. The number of carbonyl (C=O) groups excluding carboxylic acids is 2. The third kappa shape index (κ3) is 10.5. The van der Waals surface area contributed by atoms with Gasteiger partial charge < -0.3 is 35.1 Å². The fourth-order valence-corrected chi connectivity index (χ4v) is 5.26. The maximum Gasteiger partial charge on any atom is 0.406 e. The number of nitrogens with one attached hydrogen (secondary N) is 3. The average molecular weight is 562 g/mol. The molecule has 0 aromatic heterocycles. The fourth-order valence-electron chi connectivity index (χ4n) is 5.06. The molecule has 2 heterocycles. The maximum atomic E-state index is 13.1. The molecule has 0 spiro atoms. The van der Waals surface area contributed by atoms with Gasteiger partial charge in [0.2, 0.25) is 0 Å². The summed E-state index contributed by atoms with van der Waals surface area (Å²) in [5.74, 6) is 0.650. The lowest BCUT2D eigenvalue weighted by Crippen LogP contribution is -2.50. The first kappa shape index (κ1) is 31.4. The average Bonchev–Trinajstić information content (AvgIpc) is 2.91. The number of halogens is 2. The summed E-state index contributed by atoms with van der Waals surface area (Å²) in [5, 5.41) is 9.76. The van der Waals surface area contributed by atoms with Crippen molar-refractivity contribution in [1.29, 1.82) is 0 Å². The van der Waals surface area contributed by atoms with Gasteiger partial charge in [-0.3, -0.25) is 0 Å². The highest BCUT2D eigenvalue weighted by Crippen LogP contribution is 2.34. The Morgan fingerprint density at radius 3 is 2.78 bits per heavy atom. The monoisotopic (exact) mass is 560 g/mol. The number of ether oxygens (including phenoxy) is 3. The van der Waals surface area contributed by atoms with Crippen LogP contribution in [0.15, 0.2) is 24.3 Å². The highest BCUT2D eigenvalue weighted by Gasteiger charge is 2.31. The van der Waals surface area contributed by atoms with Crippen molar-refractivity contribution in [3.05, 3.63) is 34.9 Å². The minimum absolute atomic E-state index is 0. The summed E-state index contributed by atoms with van der Waals surface area (Å²) in [4.78, 5) is 26.3. The standard InChI is InChI=1S/C26H41ClN4O5.ClH/c1-28-23(14-19-6-5-12-35-18-19)16-30-25(32)31-11-4-8-21(17-31)24(20-7-3-9-22(27)15-20)36-13-10-29-26(33)34-2;/h3,7,9,15,19,21,23-24,28H,4-6,8,10-14,16-18H2,1-2H3,(H,29,33)(H,30,32);1H/t19-,21-,23+,24-;/m1./s1. The molecule has 37 heavy (non-hydrogen) atoms. The lowest BCUT2D eigenvalue weighted by Gasteiger charge is -2.37. The Morgan fingerprint density at radius 1 is 1.24 bits per heavy atom. The minimum atomic E-state index is -0.491. The highest BCUT2D eigenvalue weighted by atomic mass is 35.5. The molecule has 3 rings (SSSR count). The Balaban J connectivity index is 0.00000481. The summed E-state index contributed by atoms with van der Waals surface area (Å²) in [5.41, 5.74) is 0.970. The van der Waals surface area contributed by atoms with Crippen molar-refractivity contribution >= 4 is 36.1 Å². The fraction of sp³-hybridized carbons (Fsp3) is 0.692. The number of urea groups is 1. The van der Waals surface area contributed by atoms with Crippen LogP contribution in [0.4, 0.5) is 9.59 Å². The molecule has 0 bridgehead atoms. The van der Waals surface area contributed by atoms with E-state index in [1.165, 1.54) is 13.5 Å². The summed E-state index contributed by atoms with van der Waals surface area (Å²) in [7, 11) is 3.27. The van der Waals surface area contributed by atoms with Gasteiger partial charge in [0.15, 0.2) is 0 Å². The number of alkyl carbamates (subject to hydrolysis) is 1. The quantitative estimate of drug-likeness (QED) is 0.353. The second-order valence-electron chi connectivity index (χ2n) is 9.60. The molecule has 0 radical (unpaired) electrons. The zero-order valence-electron chi connectivity index (χ0n) is 21.9. The molecule has 3 N–H and O–H groups in total. The number of carbonyl (C=O) groups is 2. The van der Waals surface area contributed by atoms with Crippen LogP contribution < -0.4 is 16.0 Å². The number of hydrogen-bond acceptors (Lipinski definition) is 6. The van der Waals surface area contributed by atoms with Gasteiger partial charge in [-0.05, 0) is 62.8 Å². The highest BCUT2D eigenvalue weighted by molar-refractivity contribution is 6.30. The van der Waals surface area contributed by atoms with Crippen LogP contribution >= 0.6 is 24.0 Å². The molecule has 0 aliphatic carbocycles. The van der Waals surface area contributed by atoms with Crippen molar-refractivity contribution in [2.24, 2.45) is 11.8 Å². The van der Waals surface area contributed by atoms with Crippen molar-refractivity contribution in [2.75, 3.05) is 60.2 Å². The lowest BCUT2D eigenvalue weighted by atomic mass is 9.88. The van der Waals surface area contributed by atoms with Gasteiger partial charge >= 0.3 is 12.1 Å². The second kappa shape index (κ2) is 16.9. The first-order valence-corrected chi connectivity index (χ1v) is 13.3. The van der Waals surface area contributed by atoms with Gasteiger partial charge in [0.05, 0.1) is 19.8 Å². The van der Waals surface area contributed by atoms with Gasteiger partial charge in [-0.1, -0.05) is 23.7 Å². The number of hydrogen-bond donors (Lipinski definition) is 3. The molecule has 0 saturated carbocycles. The molecule has 210 valence electrons. The van der Waals surface area contributed by atoms with E-state index >= 15 is 0 Å². The van der Waals surface area contributed by atoms with Crippen LogP contribution in [0.3, 0.4) is 0 Å². The molecule has 11 heteroatoms. The predicted molar refractivity (Wildman–Crippen MR) is 147 cm³/mol. The minimum Gasteiger partial charge on any atom is -0.453 e. The Morgan fingerprint density at radius 2 is 2.08 bits per heavy atom. The van der Waals surface area contributed by atoms with E-state index in [2.05, 4.69) is 20.7 Å². The molecule has 2 aliphatic rings. The van der Waals surface area contributed by atoms with Gasteiger partial charge in [0.1, 0.15) is 0 Å². The number of nitrogens with zero attached hydrogens (tertiary/aromatic N) is 1. The molecular weight excluding hydrogens is 519 g/mol. The predicted octanol–water partition coefficient (Wildman–Crippen LogP) is 4.00. The largest absolute Gasteiger partial charge is 0.453 e. The van der Waals surface area contributed by atoms with Crippen LogP contribution in [0, 0.1) is 11.8 Å². The van der Waals surface area contributed by atoms with Crippen LogP contribution in [-0.2, 0) is 14.2 Å². The Labute approximate surface area is 231 Å². The number of likely N-dealkylation sites (N-methyl/N-ethyl adjacent to an activating group) is 1. The van der Waals surface area contributed by atoms with E-state index in [-0.39, 0.29) is 36.5 Å². The van der Waals surface area contributed by atoms with Crippen molar-refractivity contribution in [2.45, 2.75) is 44.2 Å². The van der Waals surface area contributed by atoms with Crippen molar-refractivity contribution in [3.8, 4) is 0 Å². The molecule has 1 aromatic carbocycles. The molecule has 4 atom stereocenters. The zero-order chi connectivity index (χ0) is 25.8. The van der Waals surface area contributed by atoms with E-state index in [0.717, 1.165) is 51.0 Å². The number of piperidine rings is 1. The lowest BCUT2D eigenvalue weighted by molar-refractivity contribution is -0.00851. The number of benzene rings is 1. The van der Waals surface area contributed by atoms with Crippen molar-refractivity contribution in [3.63, 3.8) is 0 Å². The second-order valence-corrected chi connectivity index (χ2v) is 10.0. The van der Waals surface area contributed by atoms with Crippen LogP contribution in [0.1, 0.15) is 43.8 Å². The molecular formula is C26H42Cl2N4O5. The zero-order valence-corrected chi connectivity index (χ0v) is 23.5. The van der Waals surface area contributed by atoms with Gasteiger partial charge in [0.25, 0.3) is 0 Å². The third-order valence-corrected chi connectivity index (χ3v) is 7.22. The van der Waals surface area contributed by atoms with Crippen LogP contribution in [0.25, 0.3) is 0 Å². The topological polar surface area (TPSA) is 101 Å². The Hall–Kier alpha value is -1.78. The van der Waals surface area contributed by atoms with E-state index in [1.54, 1.807) is 0 Å². The summed E-state index contributed by atoms with van der Waals surface area (Å²) in [6.07, 6.45) is 4.38. The molecule has 1 aromatic rings. The smallest absolute Gasteiger partial charge is 0.406 e. The maximum absolute atomic E-state index is 13.1. The summed E-state index contributed by atoms with van der Waals surface area (Å²) < 4.78 is 16.5. The van der Waals surface area contributed by atoms with Crippen LogP contribution in [-0.4, -0.2) is 83.2 Å². The van der Waals surface area contributed by atoms with Crippen molar-refractivity contribution in [1.82, 2.24) is 20.9 Å². The Kier molecular flexibility index (Phi) is 14.4. The van der Waals surface area contributed by atoms with Gasteiger partial charge in [0, 0.05) is 56.4 Å². The third-order valence-electron chi connectivity index (χ3n) is 6.99. The molecule has 0 unspecified atom stereocenters. The summed E-state index contributed by atoms with van der Waals surface area (Å²) in [6.45, 7) is 4.21. The van der Waals surface area contributed by atoms with E-state index in [0.29, 0.717) is 37.2 Å². The molecule has 3 amide bonds. The Bertz CT molecular complexity index is 828. The van der Waals surface area contributed by atoms with Crippen molar-refractivity contribution < 1.29 is 23.8 Å². The SMILES string of the molecule is CN[C@H](CNC(=O)N1CCC[C@@H]([C@H](OCCNC(=O)OC)c2cccc(Cl)c2)C1)C[C@H]1CCCOC1.Cl.